The van der Waals surface area contributed by atoms with Gasteiger partial charge >= 0.3 is 0 Å². The van der Waals surface area contributed by atoms with Gasteiger partial charge in [0, 0.05) is 55.1 Å². The first-order valence-electron chi connectivity index (χ1n) is 19.0. The molecule has 0 radical (unpaired) electrons. The van der Waals surface area contributed by atoms with Crippen LogP contribution in [0, 0.1) is 16.0 Å². The lowest BCUT2D eigenvalue weighted by molar-refractivity contribution is -0.385. The van der Waals surface area contributed by atoms with Gasteiger partial charge in [-0.2, -0.15) is 0 Å². The SMILES string of the molecule is COc1ccc([Si](C)(C)[C@@H]2[C@@H](CCn3cc(CCO)nn3)O[C@]3(C(=O)N(Cc4cccc(N5C(=O)COc6ccccc65)c4)c4ccc([N+](=O)[O-])cc43)[C@H]2C)cc1. The molecule has 0 bridgehead atoms. The van der Waals surface area contributed by atoms with Crippen molar-refractivity contribution in [1.82, 2.24) is 15.0 Å². The second-order valence-corrected chi connectivity index (χ2v) is 20.1. The van der Waals surface area contributed by atoms with Gasteiger partial charge in [0.15, 0.2) is 12.2 Å². The number of nitrogens with zero attached hydrogens (tertiary/aromatic N) is 6. The predicted molar refractivity (Wildman–Crippen MR) is 215 cm³/mol. The van der Waals surface area contributed by atoms with Gasteiger partial charge in [0.1, 0.15) is 11.5 Å². The number of amides is 2. The third kappa shape index (κ3) is 6.54. The number of nitro benzene ring substituents is 1. The number of nitro groups is 1. The quantitative estimate of drug-likeness (QED) is 0.0952. The van der Waals surface area contributed by atoms with Crippen LogP contribution >= 0.6 is 0 Å². The monoisotopic (exact) mass is 788 g/mol. The van der Waals surface area contributed by atoms with Crippen molar-refractivity contribution >= 4 is 47.8 Å². The Hall–Kier alpha value is -5.90. The van der Waals surface area contributed by atoms with E-state index in [1.54, 1.807) is 27.7 Å². The molecule has 1 saturated heterocycles. The molecule has 4 heterocycles. The first-order chi connectivity index (χ1) is 27.5. The second-order valence-electron chi connectivity index (χ2n) is 15.4. The van der Waals surface area contributed by atoms with Gasteiger partial charge in [-0.05, 0) is 60.0 Å². The van der Waals surface area contributed by atoms with Crippen molar-refractivity contribution in [2.24, 2.45) is 5.92 Å². The molecule has 1 spiro atoms. The van der Waals surface area contributed by atoms with E-state index in [9.17, 15) is 20.0 Å². The lowest BCUT2D eigenvalue weighted by atomic mass is 9.82. The molecular weight excluding hydrogens is 745 g/mol. The molecule has 3 aliphatic rings. The maximum Gasteiger partial charge on any atom is 0.269 e. The topological polar surface area (TPSA) is 162 Å². The summed E-state index contributed by atoms with van der Waals surface area (Å²) in [7, 11) is -0.872. The fourth-order valence-corrected chi connectivity index (χ4v) is 13.2. The van der Waals surface area contributed by atoms with Crippen molar-refractivity contribution in [3.8, 4) is 11.5 Å². The zero-order valence-electron chi connectivity index (χ0n) is 32.2. The molecule has 4 aromatic carbocycles. The van der Waals surface area contributed by atoms with Gasteiger partial charge in [0.2, 0.25) is 0 Å². The summed E-state index contributed by atoms with van der Waals surface area (Å²) in [5, 5.41) is 31.3. The summed E-state index contributed by atoms with van der Waals surface area (Å²) in [5.74, 6) is 0.442. The standard InChI is InChI=1S/C42H44N6O8Si/c1-27-40(57(3,4)33-15-13-32(54-2)14-16-33)38(18-20-45-25-29(19-21-49)43-44-45)56-42(27)34-23-31(48(52)53)12-17-35(34)46(41(42)51)24-28-8-7-9-30(22-28)47-36-10-5-6-11-37(36)55-26-39(47)50/h5-17,22-23,25,27,38,40,49H,18-21,24,26H2,1-4H3/t27-,38+,40-,42+/m0/s1. The fraction of sp³-hybridized carbons (Fsp3) is 0.333. The molecule has 15 heteroatoms. The number of carbonyl (C=O) groups excluding carboxylic acids is 2. The Bertz CT molecular complexity index is 2350. The molecule has 3 aliphatic heterocycles. The van der Waals surface area contributed by atoms with Crippen LogP contribution in [-0.4, -0.2) is 71.3 Å². The van der Waals surface area contributed by atoms with E-state index in [0.29, 0.717) is 53.5 Å². The number of rotatable bonds is 12. The Morgan fingerprint density at radius 1 is 1.02 bits per heavy atom. The number of anilines is 3. The molecule has 57 heavy (non-hydrogen) atoms. The Labute approximate surface area is 330 Å². The highest BCUT2D eigenvalue weighted by Gasteiger charge is 2.66. The molecule has 0 unspecified atom stereocenters. The summed E-state index contributed by atoms with van der Waals surface area (Å²) in [6.07, 6.45) is 2.27. The van der Waals surface area contributed by atoms with Crippen molar-refractivity contribution in [1.29, 1.82) is 0 Å². The molecule has 8 rings (SSSR count). The highest BCUT2D eigenvalue weighted by Crippen LogP contribution is 2.60. The van der Waals surface area contributed by atoms with E-state index in [0.717, 1.165) is 16.5 Å². The molecule has 5 aromatic rings. The molecule has 4 atom stereocenters. The zero-order valence-corrected chi connectivity index (χ0v) is 33.2. The Balaban J connectivity index is 1.19. The van der Waals surface area contributed by atoms with Gasteiger partial charge < -0.3 is 24.2 Å². The number of aliphatic hydroxyl groups excluding tert-OH is 1. The summed E-state index contributed by atoms with van der Waals surface area (Å²) in [5.41, 5.74) is 1.95. The number of methoxy groups -OCH3 is 1. The minimum atomic E-state index is -2.50. The smallest absolute Gasteiger partial charge is 0.269 e. The van der Waals surface area contributed by atoms with Crippen LogP contribution in [0.2, 0.25) is 18.6 Å². The number of carbonyl (C=O) groups is 2. The van der Waals surface area contributed by atoms with Crippen LogP contribution in [0.25, 0.3) is 0 Å². The fourth-order valence-electron chi connectivity index (χ4n) is 9.14. The van der Waals surface area contributed by atoms with Crippen molar-refractivity contribution in [2.45, 2.75) is 63.2 Å². The van der Waals surface area contributed by atoms with Crippen molar-refractivity contribution in [3.63, 3.8) is 0 Å². The van der Waals surface area contributed by atoms with E-state index in [-0.39, 0.29) is 48.7 Å². The number of aryl methyl sites for hydroxylation is 1. The van der Waals surface area contributed by atoms with E-state index in [1.807, 2.05) is 73.8 Å². The number of ether oxygens (including phenoxy) is 3. The normalized spacial score (nSPS) is 21.5. The summed E-state index contributed by atoms with van der Waals surface area (Å²) in [4.78, 5) is 43.7. The minimum absolute atomic E-state index is 0.0397. The van der Waals surface area contributed by atoms with Crippen molar-refractivity contribution in [2.75, 3.05) is 30.1 Å². The van der Waals surface area contributed by atoms with Gasteiger partial charge in [-0.3, -0.25) is 29.3 Å². The van der Waals surface area contributed by atoms with E-state index in [2.05, 4.69) is 35.5 Å². The zero-order chi connectivity index (χ0) is 40.1. The number of benzene rings is 4. The average Bonchev–Trinajstić information content (AvgIpc) is 3.86. The van der Waals surface area contributed by atoms with E-state index in [4.69, 9.17) is 14.2 Å². The number of aromatic nitrogens is 3. The highest BCUT2D eigenvalue weighted by molar-refractivity contribution is 6.91. The van der Waals surface area contributed by atoms with Crippen molar-refractivity contribution < 1.29 is 33.8 Å². The maximum atomic E-state index is 15.4. The number of non-ortho nitro benzene ring substituents is 1. The number of aliphatic hydroxyl groups is 1. The summed E-state index contributed by atoms with van der Waals surface area (Å²) in [6, 6.07) is 27.5. The van der Waals surface area contributed by atoms with Crippen LogP contribution < -0.4 is 24.5 Å². The molecule has 1 aromatic heterocycles. The lowest BCUT2D eigenvalue weighted by Crippen LogP contribution is -2.51. The number of hydrogen-bond donors (Lipinski definition) is 1. The first kappa shape index (κ1) is 38.0. The average molecular weight is 789 g/mol. The van der Waals surface area contributed by atoms with Crippen LogP contribution in [0.15, 0.2) is 97.2 Å². The van der Waals surface area contributed by atoms with Gasteiger partial charge in [-0.15, -0.1) is 5.10 Å². The lowest BCUT2D eigenvalue weighted by Gasteiger charge is -2.37. The highest BCUT2D eigenvalue weighted by atomic mass is 28.3. The summed E-state index contributed by atoms with van der Waals surface area (Å²) < 4.78 is 20.1. The molecule has 2 amide bonds. The second kappa shape index (κ2) is 14.9. The van der Waals surface area contributed by atoms with Crippen LogP contribution in [0.1, 0.15) is 30.2 Å². The number of hydrogen-bond acceptors (Lipinski definition) is 10. The maximum absolute atomic E-state index is 15.4. The molecule has 0 aliphatic carbocycles. The molecule has 0 saturated carbocycles. The predicted octanol–water partition coefficient (Wildman–Crippen LogP) is 5.64. The van der Waals surface area contributed by atoms with Crippen LogP contribution in [0.3, 0.4) is 0 Å². The molecule has 294 valence electrons. The Morgan fingerprint density at radius 3 is 2.56 bits per heavy atom. The van der Waals surface area contributed by atoms with E-state index < -0.39 is 24.7 Å². The summed E-state index contributed by atoms with van der Waals surface area (Å²) >= 11 is 0. The van der Waals surface area contributed by atoms with Crippen LogP contribution in [0.5, 0.6) is 11.5 Å². The minimum Gasteiger partial charge on any atom is -0.497 e. The number of fused-ring (bicyclic) bond motifs is 3. The largest absolute Gasteiger partial charge is 0.497 e. The van der Waals surface area contributed by atoms with Crippen molar-refractivity contribution in [3.05, 3.63) is 124 Å². The Kier molecular flexibility index (Phi) is 9.92. The van der Waals surface area contributed by atoms with Gasteiger partial charge in [0.25, 0.3) is 17.5 Å². The Morgan fingerprint density at radius 2 is 1.81 bits per heavy atom. The summed E-state index contributed by atoms with van der Waals surface area (Å²) in [6.45, 7) is 7.05. The number of para-hydroxylation sites is 2. The molecular formula is C42H44N6O8Si. The molecule has 1 N–H and O–H groups in total. The third-order valence-electron chi connectivity index (χ3n) is 11.8. The van der Waals surface area contributed by atoms with Crippen LogP contribution in [0.4, 0.5) is 22.7 Å². The van der Waals surface area contributed by atoms with Crippen LogP contribution in [-0.2, 0) is 39.4 Å². The van der Waals surface area contributed by atoms with E-state index >= 15 is 4.79 Å². The molecule has 1 fully saturated rings. The van der Waals surface area contributed by atoms with Gasteiger partial charge in [0.05, 0.1) is 49.8 Å². The first-order valence-corrected chi connectivity index (χ1v) is 22.1. The van der Waals surface area contributed by atoms with Gasteiger partial charge in [-0.25, -0.2) is 0 Å². The van der Waals surface area contributed by atoms with E-state index in [1.165, 1.54) is 12.1 Å². The third-order valence-corrected chi connectivity index (χ3v) is 16.2. The molecule has 14 nitrogen and oxygen atoms in total. The van der Waals surface area contributed by atoms with Gasteiger partial charge in [-0.1, -0.05) is 66.8 Å².